The van der Waals surface area contributed by atoms with Crippen molar-refractivity contribution < 1.29 is 13.6 Å². The fourth-order valence-electron chi connectivity index (χ4n) is 2.16. The van der Waals surface area contributed by atoms with Crippen molar-refractivity contribution in [2.45, 2.75) is 24.8 Å². The first-order chi connectivity index (χ1) is 8.51. The number of rotatable bonds is 2. The smallest absolute Gasteiger partial charge is 0.336 e. The zero-order chi connectivity index (χ0) is 13.2. The molecule has 98 valence electrons. The largest absolute Gasteiger partial charge is 0.349 e. The van der Waals surface area contributed by atoms with Crippen molar-refractivity contribution in [2.75, 3.05) is 13.1 Å². The number of amides is 1. The average molecular weight is 254 g/mol. The first kappa shape index (κ1) is 13.0. The molecule has 5 heteroatoms. The second-order valence-corrected chi connectivity index (χ2v) is 4.59. The SMILES string of the molecule is NC1CCCN(C(=O)C(F)(F)c2ccccc2)C1. The van der Waals surface area contributed by atoms with E-state index in [1.165, 1.54) is 29.2 Å². The van der Waals surface area contributed by atoms with Crippen LogP contribution in [0.15, 0.2) is 30.3 Å². The quantitative estimate of drug-likeness (QED) is 0.873. The van der Waals surface area contributed by atoms with Crippen LogP contribution in [-0.2, 0) is 10.7 Å². The summed E-state index contributed by atoms with van der Waals surface area (Å²) in [5, 5.41) is 0. The van der Waals surface area contributed by atoms with Gasteiger partial charge in [-0.25, -0.2) is 0 Å². The van der Waals surface area contributed by atoms with Gasteiger partial charge in [-0.2, -0.15) is 8.78 Å². The summed E-state index contributed by atoms with van der Waals surface area (Å²) < 4.78 is 28.1. The maximum atomic E-state index is 14.0. The average Bonchev–Trinajstić information content (AvgIpc) is 2.39. The fourth-order valence-corrected chi connectivity index (χ4v) is 2.16. The number of nitrogens with two attached hydrogens (primary N) is 1. The molecule has 3 nitrogen and oxygen atoms in total. The fraction of sp³-hybridized carbons (Fsp3) is 0.462. The number of hydrogen-bond donors (Lipinski definition) is 1. The summed E-state index contributed by atoms with van der Waals surface area (Å²) in [7, 11) is 0. The van der Waals surface area contributed by atoms with Crippen molar-refractivity contribution in [1.82, 2.24) is 4.90 Å². The molecule has 1 amide bonds. The van der Waals surface area contributed by atoms with Gasteiger partial charge in [0.05, 0.1) is 0 Å². The zero-order valence-corrected chi connectivity index (χ0v) is 9.98. The molecule has 0 radical (unpaired) electrons. The number of likely N-dealkylation sites (tertiary alicyclic amines) is 1. The minimum absolute atomic E-state index is 0.200. The van der Waals surface area contributed by atoms with Gasteiger partial charge in [0.15, 0.2) is 0 Å². The lowest BCUT2D eigenvalue weighted by molar-refractivity contribution is -0.160. The summed E-state index contributed by atoms with van der Waals surface area (Å²) in [6, 6.07) is 6.97. The van der Waals surface area contributed by atoms with Crippen LogP contribution in [0.25, 0.3) is 0 Å². The predicted octanol–water partition coefficient (Wildman–Crippen LogP) is 1.73. The summed E-state index contributed by atoms with van der Waals surface area (Å²) >= 11 is 0. The molecular formula is C13H16F2N2O. The maximum Gasteiger partial charge on any atom is 0.349 e. The second kappa shape index (κ2) is 5.02. The van der Waals surface area contributed by atoms with Crippen molar-refractivity contribution in [2.24, 2.45) is 5.73 Å². The topological polar surface area (TPSA) is 46.3 Å². The van der Waals surface area contributed by atoms with Crippen LogP contribution < -0.4 is 5.73 Å². The third-order valence-electron chi connectivity index (χ3n) is 3.15. The predicted molar refractivity (Wildman–Crippen MR) is 64.1 cm³/mol. The molecule has 1 saturated heterocycles. The summed E-state index contributed by atoms with van der Waals surface area (Å²) in [5.74, 6) is -4.62. The van der Waals surface area contributed by atoms with Gasteiger partial charge in [0.1, 0.15) is 0 Å². The number of benzene rings is 1. The third-order valence-corrected chi connectivity index (χ3v) is 3.15. The van der Waals surface area contributed by atoms with Crippen molar-refractivity contribution in [3.63, 3.8) is 0 Å². The summed E-state index contributed by atoms with van der Waals surface area (Å²) in [5.41, 5.74) is 5.44. The van der Waals surface area contributed by atoms with Gasteiger partial charge >= 0.3 is 5.92 Å². The van der Waals surface area contributed by atoms with E-state index in [0.717, 1.165) is 6.42 Å². The van der Waals surface area contributed by atoms with Crippen LogP contribution in [0.3, 0.4) is 0 Å². The van der Waals surface area contributed by atoms with Crippen molar-refractivity contribution in [3.8, 4) is 0 Å². The Hall–Kier alpha value is -1.49. The summed E-state index contributed by atoms with van der Waals surface area (Å²) in [6.45, 7) is 0.566. The molecule has 0 saturated carbocycles. The lowest BCUT2D eigenvalue weighted by atomic mass is 10.0. The van der Waals surface area contributed by atoms with Crippen LogP contribution >= 0.6 is 0 Å². The summed E-state index contributed by atoms with van der Waals surface area (Å²) in [4.78, 5) is 13.1. The molecule has 1 aliphatic rings. The van der Waals surface area contributed by atoms with Gasteiger partial charge in [0.25, 0.3) is 5.91 Å². The minimum Gasteiger partial charge on any atom is -0.336 e. The Bertz CT molecular complexity index is 422. The van der Waals surface area contributed by atoms with Crippen LogP contribution in [-0.4, -0.2) is 29.9 Å². The van der Waals surface area contributed by atoms with Crippen LogP contribution in [0.4, 0.5) is 8.78 Å². The Morgan fingerprint density at radius 2 is 2.00 bits per heavy atom. The number of carbonyl (C=O) groups is 1. The van der Waals surface area contributed by atoms with Gasteiger partial charge < -0.3 is 10.6 Å². The maximum absolute atomic E-state index is 14.0. The highest BCUT2D eigenvalue weighted by molar-refractivity contribution is 5.85. The Balaban J connectivity index is 2.17. The molecule has 0 bridgehead atoms. The van der Waals surface area contributed by atoms with Crippen LogP contribution in [0.5, 0.6) is 0 Å². The van der Waals surface area contributed by atoms with E-state index in [2.05, 4.69) is 0 Å². The molecule has 1 aromatic rings. The van der Waals surface area contributed by atoms with E-state index in [9.17, 15) is 13.6 Å². The number of alkyl halides is 2. The van der Waals surface area contributed by atoms with E-state index in [1.54, 1.807) is 6.07 Å². The van der Waals surface area contributed by atoms with Crippen LogP contribution in [0.2, 0.25) is 0 Å². The Kier molecular flexibility index (Phi) is 3.61. The molecule has 0 aliphatic carbocycles. The monoisotopic (exact) mass is 254 g/mol. The first-order valence-electron chi connectivity index (χ1n) is 6.00. The van der Waals surface area contributed by atoms with Gasteiger partial charge in [-0.1, -0.05) is 30.3 Å². The molecule has 1 aliphatic heterocycles. The Morgan fingerprint density at radius 3 is 2.61 bits per heavy atom. The molecular weight excluding hydrogens is 238 g/mol. The van der Waals surface area contributed by atoms with E-state index in [4.69, 9.17) is 5.73 Å². The molecule has 1 fully saturated rings. The second-order valence-electron chi connectivity index (χ2n) is 4.59. The highest BCUT2D eigenvalue weighted by atomic mass is 19.3. The third kappa shape index (κ3) is 2.51. The lowest BCUT2D eigenvalue weighted by Gasteiger charge is -2.33. The van der Waals surface area contributed by atoms with Crippen molar-refractivity contribution in [3.05, 3.63) is 35.9 Å². The number of hydrogen-bond acceptors (Lipinski definition) is 2. The first-order valence-corrected chi connectivity index (χ1v) is 6.00. The van der Waals surface area contributed by atoms with Crippen molar-refractivity contribution in [1.29, 1.82) is 0 Å². The highest BCUT2D eigenvalue weighted by Crippen LogP contribution is 2.30. The van der Waals surface area contributed by atoms with Crippen LogP contribution in [0.1, 0.15) is 18.4 Å². The molecule has 1 atom stereocenters. The molecule has 18 heavy (non-hydrogen) atoms. The number of nitrogens with zero attached hydrogens (tertiary/aromatic N) is 1. The van der Waals surface area contributed by atoms with E-state index >= 15 is 0 Å². The normalized spacial score (nSPS) is 20.8. The van der Waals surface area contributed by atoms with Gasteiger partial charge in [-0.3, -0.25) is 4.79 Å². The van der Waals surface area contributed by atoms with Gasteiger partial charge in [0.2, 0.25) is 0 Å². The molecule has 2 N–H and O–H groups in total. The zero-order valence-electron chi connectivity index (χ0n) is 9.98. The van der Waals surface area contributed by atoms with E-state index in [1.807, 2.05) is 0 Å². The Labute approximate surface area is 105 Å². The van der Waals surface area contributed by atoms with Gasteiger partial charge in [0, 0.05) is 24.7 Å². The summed E-state index contributed by atoms with van der Waals surface area (Å²) in [6.07, 6.45) is 1.46. The van der Waals surface area contributed by atoms with Gasteiger partial charge in [-0.15, -0.1) is 0 Å². The van der Waals surface area contributed by atoms with Crippen LogP contribution in [0, 0.1) is 0 Å². The van der Waals surface area contributed by atoms with E-state index < -0.39 is 11.8 Å². The molecule has 0 spiro atoms. The minimum atomic E-state index is -3.47. The number of carbonyl (C=O) groups excluding carboxylic acids is 1. The van der Waals surface area contributed by atoms with Crippen molar-refractivity contribution >= 4 is 5.91 Å². The van der Waals surface area contributed by atoms with Gasteiger partial charge in [-0.05, 0) is 12.8 Å². The van der Waals surface area contributed by atoms with E-state index in [0.29, 0.717) is 13.0 Å². The standard InChI is InChI=1S/C13H16F2N2O/c14-13(15,10-5-2-1-3-6-10)12(18)17-8-4-7-11(16)9-17/h1-3,5-6,11H,4,7-9,16H2. The molecule has 1 unspecified atom stereocenters. The number of piperidine rings is 1. The molecule has 1 aromatic carbocycles. The molecule has 0 aromatic heterocycles. The number of halogens is 2. The molecule has 2 rings (SSSR count). The highest BCUT2D eigenvalue weighted by Gasteiger charge is 2.44. The lowest BCUT2D eigenvalue weighted by Crippen LogP contribution is -2.50. The molecule has 1 heterocycles. The Morgan fingerprint density at radius 1 is 1.33 bits per heavy atom. The van der Waals surface area contributed by atoms with E-state index in [-0.39, 0.29) is 18.2 Å².